The van der Waals surface area contributed by atoms with E-state index in [1.807, 2.05) is 36.1 Å². The molecule has 25 heavy (non-hydrogen) atoms. The topological polar surface area (TPSA) is 58.6 Å². The highest BCUT2D eigenvalue weighted by Crippen LogP contribution is 2.24. The van der Waals surface area contributed by atoms with E-state index in [4.69, 9.17) is 4.74 Å². The second-order valence-electron chi connectivity index (χ2n) is 7.60. The van der Waals surface area contributed by atoms with E-state index < -0.39 is 0 Å². The Morgan fingerprint density at radius 1 is 1.36 bits per heavy atom. The number of rotatable bonds is 6. The van der Waals surface area contributed by atoms with Crippen molar-refractivity contribution in [2.75, 3.05) is 19.7 Å². The number of benzene rings is 1. The summed E-state index contributed by atoms with van der Waals surface area (Å²) < 4.78 is 5.49. The Morgan fingerprint density at radius 2 is 2.12 bits per heavy atom. The second-order valence-corrected chi connectivity index (χ2v) is 7.60. The predicted octanol–water partition coefficient (Wildman–Crippen LogP) is 2.99. The number of hydrogen-bond donors (Lipinski definition) is 1. The third-order valence-corrected chi connectivity index (χ3v) is 4.79. The Hall–Kier alpha value is -1.88. The minimum Gasteiger partial charge on any atom is -0.375 e. The van der Waals surface area contributed by atoms with Crippen LogP contribution >= 0.6 is 0 Å². The number of ether oxygens (including phenoxy) is 1. The van der Waals surface area contributed by atoms with Crippen LogP contribution in [-0.4, -0.2) is 42.5 Å². The van der Waals surface area contributed by atoms with Gasteiger partial charge in [-0.2, -0.15) is 0 Å². The SMILES string of the molecule is CCC(C)(C)CC(=O)NCc1cccc(C(=O)N2CCO[C@H](C)C2)c1. The van der Waals surface area contributed by atoms with E-state index in [-0.39, 0.29) is 23.3 Å². The van der Waals surface area contributed by atoms with E-state index in [1.54, 1.807) is 0 Å². The number of nitrogens with one attached hydrogen (secondary N) is 1. The maximum absolute atomic E-state index is 12.6. The van der Waals surface area contributed by atoms with Crippen molar-refractivity contribution in [2.24, 2.45) is 5.41 Å². The van der Waals surface area contributed by atoms with Gasteiger partial charge in [-0.25, -0.2) is 0 Å². The molecular formula is C20H30N2O3. The molecule has 1 heterocycles. The van der Waals surface area contributed by atoms with Crippen LogP contribution in [0.1, 0.15) is 56.5 Å². The molecule has 0 unspecified atom stereocenters. The number of morpholine rings is 1. The van der Waals surface area contributed by atoms with E-state index in [1.165, 1.54) is 0 Å². The third-order valence-electron chi connectivity index (χ3n) is 4.79. The van der Waals surface area contributed by atoms with Crippen LogP contribution in [0, 0.1) is 5.41 Å². The van der Waals surface area contributed by atoms with Crippen molar-refractivity contribution in [1.82, 2.24) is 10.2 Å². The molecule has 5 nitrogen and oxygen atoms in total. The van der Waals surface area contributed by atoms with Crippen LogP contribution in [0.2, 0.25) is 0 Å². The highest BCUT2D eigenvalue weighted by atomic mass is 16.5. The van der Waals surface area contributed by atoms with Crippen LogP contribution in [0.25, 0.3) is 0 Å². The molecule has 1 atom stereocenters. The average molecular weight is 346 g/mol. The summed E-state index contributed by atoms with van der Waals surface area (Å²) in [4.78, 5) is 26.6. The second kappa shape index (κ2) is 8.48. The van der Waals surface area contributed by atoms with Gasteiger partial charge in [0.1, 0.15) is 0 Å². The van der Waals surface area contributed by atoms with E-state index in [2.05, 4.69) is 26.1 Å². The fourth-order valence-electron chi connectivity index (χ4n) is 2.82. The minimum absolute atomic E-state index is 0.00885. The minimum atomic E-state index is 0.00885. The average Bonchev–Trinajstić information content (AvgIpc) is 2.59. The zero-order valence-corrected chi connectivity index (χ0v) is 15.8. The zero-order chi connectivity index (χ0) is 18.4. The van der Waals surface area contributed by atoms with E-state index in [9.17, 15) is 9.59 Å². The van der Waals surface area contributed by atoms with Gasteiger partial charge in [-0.3, -0.25) is 9.59 Å². The van der Waals surface area contributed by atoms with E-state index in [0.29, 0.717) is 38.2 Å². The molecule has 1 N–H and O–H groups in total. The first-order chi connectivity index (χ1) is 11.8. The maximum atomic E-state index is 12.6. The fraction of sp³-hybridized carbons (Fsp3) is 0.600. The molecule has 0 saturated carbocycles. The van der Waals surface area contributed by atoms with Crippen LogP contribution < -0.4 is 5.32 Å². The van der Waals surface area contributed by atoms with Crippen molar-refractivity contribution < 1.29 is 14.3 Å². The molecule has 5 heteroatoms. The highest BCUT2D eigenvalue weighted by Gasteiger charge is 2.23. The van der Waals surface area contributed by atoms with Gasteiger partial charge >= 0.3 is 0 Å². The summed E-state index contributed by atoms with van der Waals surface area (Å²) in [5, 5.41) is 2.96. The summed E-state index contributed by atoms with van der Waals surface area (Å²) in [5.74, 6) is 0.0704. The lowest BCUT2D eigenvalue weighted by Crippen LogP contribution is -2.44. The van der Waals surface area contributed by atoms with Crippen LogP contribution in [0.4, 0.5) is 0 Å². The van der Waals surface area contributed by atoms with Gasteiger partial charge in [0.25, 0.3) is 5.91 Å². The van der Waals surface area contributed by atoms with Gasteiger partial charge < -0.3 is 15.0 Å². The third kappa shape index (κ3) is 5.85. The zero-order valence-electron chi connectivity index (χ0n) is 15.8. The van der Waals surface area contributed by atoms with Gasteiger partial charge in [0, 0.05) is 31.6 Å². The molecular weight excluding hydrogens is 316 g/mol. The van der Waals surface area contributed by atoms with Crippen LogP contribution in [0.15, 0.2) is 24.3 Å². The molecule has 0 bridgehead atoms. The number of carbonyl (C=O) groups is 2. The quantitative estimate of drug-likeness (QED) is 0.861. The lowest BCUT2D eigenvalue weighted by atomic mass is 9.86. The van der Waals surface area contributed by atoms with Crippen LogP contribution in [-0.2, 0) is 16.1 Å². The summed E-state index contributed by atoms with van der Waals surface area (Å²) in [5.41, 5.74) is 1.61. The van der Waals surface area contributed by atoms with Crippen LogP contribution in [0.5, 0.6) is 0 Å². The molecule has 2 amide bonds. The van der Waals surface area contributed by atoms with E-state index in [0.717, 1.165) is 12.0 Å². The Kier molecular flexibility index (Phi) is 6.59. The van der Waals surface area contributed by atoms with Crippen molar-refractivity contribution in [3.63, 3.8) is 0 Å². The van der Waals surface area contributed by atoms with E-state index >= 15 is 0 Å². The molecule has 0 spiro atoms. The lowest BCUT2D eigenvalue weighted by molar-refractivity contribution is -0.123. The molecule has 0 aliphatic carbocycles. The molecule has 1 aliphatic heterocycles. The molecule has 1 aromatic carbocycles. The first-order valence-corrected chi connectivity index (χ1v) is 9.07. The number of carbonyl (C=O) groups excluding carboxylic acids is 2. The van der Waals surface area contributed by atoms with Crippen molar-refractivity contribution in [3.8, 4) is 0 Å². The smallest absolute Gasteiger partial charge is 0.254 e. The van der Waals surface area contributed by atoms with Crippen molar-refractivity contribution in [2.45, 2.75) is 53.2 Å². The number of amides is 2. The summed E-state index contributed by atoms with van der Waals surface area (Å²) >= 11 is 0. The summed E-state index contributed by atoms with van der Waals surface area (Å²) in [6, 6.07) is 7.50. The van der Waals surface area contributed by atoms with Gasteiger partial charge in [-0.1, -0.05) is 39.3 Å². The molecule has 0 radical (unpaired) electrons. The molecule has 2 rings (SSSR count). The Morgan fingerprint density at radius 3 is 2.80 bits per heavy atom. The van der Waals surface area contributed by atoms with Gasteiger partial charge in [0.2, 0.25) is 5.91 Å². The monoisotopic (exact) mass is 346 g/mol. The summed E-state index contributed by atoms with van der Waals surface area (Å²) in [6.45, 7) is 10.5. The molecule has 1 aliphatic rings. The maximum Gasteiger partial charge on any atom is 0.254 e. The molecule has 1 aromatic rings. The largest absolute Gasteiger partial charge is 0.375 e. The first-order valence-electron chi connectivity index (χ1n) is 9.07. The lowest BCUT2D eigenvalue weighted by Gasteiger charge is -2.31. The summed E-state index contributed by atoms with van der Waals surface area (Å²) in [6.07, 6.45) is 1.54. The molecule has 138 valence electrons. The molecule has 1 fully saturated rings. The van der Waals surface area contributed by atoms with Gasteiger partial charge in [0.15, 0.2) is 0 Å². The first kappa shape index (κ1) is 19.4. The molecule has 0 aromatic heterocycles. The fourth-order valence-corrected chi connectivity index (χ4v) is 2.82. The Labute approximate surface area is 150 Å². The standard InChI is InChI=1S/C20H30N2O3/c1-5-20(3,4)12-18(23)21-13-16-7-6-8-17(11-16)19(24)22-9-10-25-15(2)14-22/h6-8,11,15H,5,9-10,12-14H2,1-4H3,(H,21,23)/t15-/m1/s1. The van der Waals surface area contributed by atoms with Crippen molar-refractivity contribution in [1.29, 1.82) is 0 Å². The van der Waals surface area contributed by atoms with Gasteiger partial charge in [0.05, 0.1) is 12.7 Å². The van der Waals surface area contributed by atoms with Gasteiger partial charge in [-0.05, 0) is 30.0 Å². The normalized spacial score (nSPS) is 18.1. The summed E-state index contributed by atoms with van der Waals surface area (Å²) in [7, 11) is 0. The predicted molar refractivity (Wildman–Crippen MR) is 98.3 cm³/mol. The Balaban J connectivity index is 1.94. The highest BCUT2D eigenvalue weighted by molar-refractivity contribution is 5.94. The number of nitrogens with zero attached hydrogens (tertiary/aromatic N) is 1. The number of hydrogen-bond acceptors (Lipinski definition) is 3. The van der Waals surface area contributed by atoms with Crippen molar-refractivity contribution >= 4 is 11.8 Å². The van der Waals surface area contributed by atoms with Crippen molar-refractivity contribution in [3.05, 3.63) is 35.4 Å². The van der Waals surface area contributed by atoms with Crippen LogP contribution in [0.3, 0.4) is 0 Å². The Bertz CT molecular complexity index is 613. The van der Waals surface area contributed by atoms with Gasteiger partial charge in [-0.15, -0.1) is 0 Å². The molecule has 1 saturated heterocycles.